The SMILES string of the molecule is Nc1c(C(=O)c2ccc3c(c2)Cc2ccccc2-3)sc2nc3c(cc12)CCCCC3. The van der Waals surface area contributed by atoms with E-state index >= 15 is 0 Å². The van der Waals surface area contributed by atoms with E-state index in [0.29, 0.717) is 16.1 Å². The molecule has 0 unspecified atom stereocenters. The normalized spacial score (nSPS) is 14.8. The predicted molar refractivity (Wildman–Crippen MR) is 123 cm³/mol. The van der Waals surface area contributed by atoms with E-state index in [9.17, 15) is 4.79 Å². The highest BCUT2D eigenvalue weighted by atomic mass is 32.1. The lowest BCUT2D eigenvalue weighted by atomic mass is 10.0. The van der Waals surface area contributed by atoms with Crippen molar-refractivity contribution in [2.45, 2.75) is 38.5 Å². The first-order chi connectivity index (χ1) is 14.7. The van der Waals surface area contributed by atoms with Gasteiger partial charge in [0.05, 0.1) is 5.69 Å². The van der Waals surface area contributed by atoms with Crippen molar-refractivity contribution in [2.75, 3.05) is 5.73 Å². The van der Waals surface area contributed by atoms with Gasteiger partial charge in [-0.25, -0.2) is 4.98 Å². The summed E-state index contributed by atoms with van der Waals surface area (Å²) < 4.78 is 0. The van der Waals surface area contributed by atoms with Gasteiger partial charge in [-0.05, 0) is 72.1 Å². The van der Waals surface area contributed by atoms with Crippen molar-refractivity contribution in [3.63, 3.8) is 0 Å². The third-order valence-electron chi connectivity index (χ3n) is 6.51. The molecule has 2 aromatic carbocycles. The van der Waals surface area contributed by atoms with E-state index in [1.54, 1.807) is 0 Å². The monoisotopic (exact) mass is 410 g/mol. The van der Waals surface area contributed by atoms with E-state index in [2.05, 4.69) is 36.4 Å². The number of carbonyl (C=O) groups excluding carboxylic acids is 1. The van der Waals surface area contributed by atoms with Gasteiger partial charge in [-0.1, -0.05) is 42.8 Å². The van der Waals surface area contributed by atoms with Crippen LogP contribution >= 0.6 is 11.3 Å². The molecule has 2 N–H and O–H groups in total. The summed E-state index contributed by atoms with van der Waals surface area (Å²) in [6.45, 7) is 0. The first-order valence-electron chi connectivity index (χ1n) is 10.7. The van der Waals surface area contributed by atoms with Crippen molar-refractivity contribution in [2.24, 2.45) is 0 Å². The summed E-state index contributed by atoms with van der Waals surface area (Å²) in [4.78, 5) is 19.8. The zero-order chi connectivity index (χ0) is 20.2. The number of pyridine rings is 1. The van der Waals surface area contributed by atoms with E-state index in [1.807, 2.05) is 12.1 Å². The second-order valence-electron chi connectivity index (χ2n) is 8.39. The Kier molecular flexibility index (Phi) is 4.03. The molecule has 0 saturated carbocycles. The van der Waals surface area contributed by atoms with E-state index in [4.69, 9.17) is 10.7 Å². The first kappa shape index (κ1) is 17.8. The molecule has 0 amide bonds. The molecule has 0 radical (unpaired) electrons. The number of ketones is 1. The Morgan fingerprint density at radius 1 is 0.900 bits per heavy atom. The van der Waals surface area contributed by atoms with Crippen LogP contribution in [0.4, 0.5) is 5.69 Å². The van der Waals surface area contributed by atoms with Gasteiger partial charge in [-0.15, -0.1) is 11.3 Å². The smallest absolute Gasteiger partial charge is 0.205 e. The Balaban J connectivity index is 1.40. The number of nitrogens with zero attached hydrogens (tertiary/aromatic N) is 1. The van der Waals surface area contributed by atoms with E-state index in [-0.39, 0.29) is 5.78 Å². The van der Waals surface area contributed by atoms with Crippen LogP contribution in [0.15, 0.2) is 48.5 Å². The molecule has 0 fully saturated rings. The molecule has 4 heteroatoms. The lowest BCUT2D eigenvalue weighted by Gasteiger charge is -2.05. The zero-order valence-electron chi connectivity index (χ0n) is 16.7. The molecule has 3 nitrogen and oxygen atoms in total. The number of carbonyl (C=O) groups is 1. The van der Waals surface area contributed by atoms with E-state index < -0.39 is 0 Å². The minimum absolute atomic E-state index is 0.00412. The van der Waals surface area contributed by atoms with Crippen molar-refractivity contribution < 1.29 is 4.79 Å². The average molecular weight is 411 g/mol. The maximum Gasteiger partial charge on any atom is 0.205 e. The molecule has 2 aliphatic carbocycles. The highest BCUT2D eigenvalue weighted by Gasteiger charge is 2.24. The molecule has 4 aromatic rings. The van der Waals surface area contributed by atoms with Gasteiger partial charge >= 0.3 is 0 Å². The molecule has 0 aliphatic heterocycles. The van der Waals surface area contributed by atoms with Crippen LogP contribution in [0.1, 0.15) is 56.9 Å². The third kappa shape index (κ3) is 2.71. The molecular weight excluding hydrogens is 388 g/mol. The Morgan fingerprint density at radius 3 is 2.67 bits per heavy atom. The van der Waals surface area contributed by atoms with Crippen LogP contribution in [0.3, 0.4) is 0 Å². The van der Waals surface area contributed by atoms with E-state index in [1.165, 1.54) is 64.1 Å². The lowest BCUT2D eigenvalue weighted by Crippen LogP contribution is -2.03. The van der Waals surface area contributed by atoms with Crippen molar-refractivity contribution in [1.29, 1.82) is 0 Å². The van der Waals surface area contributed by atoms with Crippen LogP contribution in [0, 0.1) is 0 Å². The summed E-state index contributed by atoms with van der Waals surface area (Å²) in [5.74, 6) is 0.00412. The highest BCUT2D eigenvalue weighted by molar-refractivity contribution is 7.21. The number of anilines is 1. The number of hydrogen-bond acceptors (Lipinski definition) is 4. The average Bonchev–Trinajstić information content (AvgIpc) is 3.19. The van der Waals surface area contributed by atoms with Crippen molar-refractivity contribution in [3.8, 4) is 11.1 Å². The van der Waals surface area contributed by atoms with Gasteiger partial charge < -0.3 is 5.73 Å². The van der Waals surface area contributed by atoms with Crippen LogP contribution in [-0.4, -0.2) is 10.8 Å². The number of hydrogen-bond donors (Lipinski definition) is 1. The number of nitrogen functional groups attached to an aromatic ring is 1. The highest BCUT2D eigenvalue weighted by Crippen LogP contribution is 2.39. The number of aryl methyl sites for hydroxylation is 2. The molecule has 148 valence electrons. The summed E-state index contributed by atoms with van der Waals surface area (Å²) in [6.07, 6.45) is 6.61. The van der Waals surface area contributed by atoms with Gasteiger partial charge in [0.15, 0.2) is 0 Å². The van der Waals surface area contributed by atoms with Gasteiger partial charge in [-0.2, -0.15) is 0 Å². The molecule has 6 rings (SSSR count). The Labute approximate surface area is 179 Å². The minimum atomic E-state index is 0.00412. The molecule has 0 bridgehead atoms. The van der Waals surface area contributed by atoms with Crippen molar-refractivity contribution in [1.82, 2.24) is 4.98 Å². The minimum Gasteiger partial charge on any atom is -0.397 e. The maximum atomic E-state index is 13.4. The molecule has 2 aliphatic rings. The topological polar surface area (TPSA) is 56.0 Å². The fraction of sp³-hybridized carbons (Fsp3) is 0.231. The second-order valence-corrected chi connectivity index (χ2v) is 9.39. The Morgan fingerprint density at radius 2 is 1.73 bits per heavy atom. The molecule has 0 saturated heterocycles. The lowest BCUT2D eigenvalue weighted by molar-refractivity contribution is 0.104. The third-order valence-corrected chi connectivity index (χ3v) is 7.63. The molecular formula is C26H22N2OS. The van der Waals surface area contributed by atoms with Crippen molar-refractivity contribution >= 4 is 33.0 Å². The number of aromatic nitrogens is 1. The molecule has 30 heavy (non-hydrogen) atoms. The summed E-state index contributed by atoms with van der Waals surface area (Å²) in [7, 11) is 0. The number of nitrogens with two attached hydrogens (primary N) is 1. The predicted octanol–water partition coefficient (Wildman–Crippen LogP) is 5.95. The molecule has 2 heterocycles. The van der Waals surface area contributed by atoms with Crippen LogP contribution in [0.5, 0.6) is 0 Å². The number of thiophene rings is 1. The number of rotatable bonds is 2. The standard InChI is InChI=1S/C26H22N2OS/c27-23-21-14-16-7-2-1-3-9-22(16)28-26(21)30-25(23)24(29)17-10-11-20-18(13-17)12-15-6-4-5-8-19(15)20/h4-6,8,10-11,13-14H,1-3,7,9,12,27H2. The zero-order valence-corrected chi connectivity index (χ0v) is 17.5. The number of fused-ring (bicyclic) bond motifs is 5. The Bertz CT molecular complexity index is 1330. The van der Waals surface area contributed by atoms with Gasteiger partial charge in [0, 0.05) is 16.6 Å². The first-order valence-corrected chi connectivity index (χ1v) is 11.5. The van der Waals surface area contributed by atoms with Gasteiger partial charge in [0.1, 0.15) is 9.71 Å². The van der Waals surface area contributed by atoms with E-state index in [0.717, 1.165) is 29.5 Å². The fourth-order valence-corrected chi connectivity index (χ4v) is 5.98. The fourth-order valence-electron chi connectivity index (χ4n) is 4.92. The number of benzene rings is 2. The van der Waals surface area contributed by atoms with Crippen LogP contribution < -0.4 is 5.73 Å². The molecule has 2 aromatic heterocycles. The van der Waals surface area contributed by atoms with Crippen LogP contribution in [0.25, 0.3) is 21.3 Å². The molecule has 0 atom stereocenters. The summed E-state index contributed by atoms with van der Waals surface area (Å²) in [5.41, 5.74) is 15.3. The quantitative estimate of drug-likeness (QED) is 0.289. The maximum absolute atomic E-state index is 13.4. The summed E-state index contributed by atoms with van der Waals surface area (Å²) in [5, 5.41) is 0.942. The van der Waals surface area contributed by atoms with Gasteiger partial charge in [-0.3, -0.25) is 4.79 Å². The largest absolute Gasteiger partial charge is 0.397 e. The second kappa shape index (κ2) is 6.78. The molecule has 0 spiro atoms. The summed E-state index contributed by atoms with van der Waals surface area (Å²) in [6, 6.07) is 16.7. The van der Waals surface area contributed by atoms with Crippen LogP contribution in [-0.2, 0) is 19.3 Å². The van der Waals surface area contributed by atoms with Gasteiger partial charge in [0.25, 0.3) is 0 Å². The Hall–Kier alpha value is -2.98. The van der Waals surface area contributed by atoms with Gasteiger partial charge in [0.2, 0.25) is 5.78 Å². The van der Waals surface area contributed by atoms with Crippen LogP contribution in [0.2, 0.25) is 0 Å². The van der Waals surface area contributed by atoms with Crippen molar-refractivity contribution in [3.05, 3.63) is 81.4 Å². The summed E-state index contributed by atoms with van der Waals surface area (Å²) >= 11 is 1.44.